The van der Waals surface area contributed by atoms with E-state index in [1.165, 1.54) is 25.3 Å². The monoisotopic (exact) mass is 320 g/mol. The second kappa shape index (κ2) is 5.97. The normalized spacial score (nSPS) is 14.0. The van der Waals surface area contributed by atoms with E-state index >= 15 is 0 Å². The molecule has 0 spiro atoms. The first-order valence-corrected chi connectivity index (χ1v) is 8.21. The van der Waals surface area contributed by atoms with Crippen LogP contribution < -0.4 is 5.32 Å². The van der Waals surface area contributed by atoms with Gasteiger partial charge in [-0.25, -0.2) is 9.37 Å². The number of nitriles is 1. The van der Waals surface area contributed by atoms with Crippen molar-refractivity contribution in [1.29, 1.82) is 5.26 Å². The van der Waals surface area contributed by atoms with Gasteiger partial charge in [-0.15, -0.1) is 0 Å². The Morgan fingerprint density at radius 3 is 2.96 bits per heavy atom. The topological polar surface area (TPSA) is 53.6 Å². The Bertz CT molecular complexity index is 952. The molecule has 3 aromatic rings. The van der Waals surface area contributed by atoms with Gasteiger partial charge < -0.3 is 9.88 Å². The lowest BCUT2D eigenvalue weighted by molar-refractivity contribution is 0.624. The number of hydrogen-bond acceptors (Lipinski definition) is 3. The third-order valence-electron chi connectivity index (χ3n) is 4.51. The van der Waals surface area contributed by atoms with Crippen LogP contribution in [0.15, 0.2) is 36.4 Å². The van der Waals surface area contributed by atoms with Gasteiger partial charge >= 0.3 is 0 Å². The molecule has 1 aliphatic heterocycles. The Balaban J connectivity index is 1.72. The molecule has 1 aromatic heterocycles. The standard InChI is InChI=1S/C19H17FN4/c20-15-5-4-6-16(14(15)12-21)22-13-8-9-18-17(11-13)23-19-7-2-1-3-10-24(18)19/h4-6,8-9,11,22H,1-3,7,10H2. The molecular formula is C19H17FN4. The second-order valence-corrected chi connectivity index (χ2v) is 6.09. The van der Waals surface area contributed by atoms with Crippen molar-refractivity contribution >= 4 is 22.4 Å². The third-order valence-corrected chi connectivity index (χ3v) is 4.51. The minimum atomic E-state index is -0.516. The Hall–Kier alpha value is -2.87. The number of benzene rings is 2. The molecule has 0 saturated carbocycles. The van der Waals surface area contributed by atoms with Gasteiger partial charge in [0, 0.05) is 18.7 Å². The number of nitrogens with one attached hydrogen (secondary N) is 1. The molecule has 0 fully saturated rings. The zero-order chi connectivity index (χ0) is 16.5. The molecular weight excluding hydrogens is 303 g/mol. The van der Waals surface area contributed by atoms with E-state index in [-0.39, 0.29) is 5.56 Å². The van der Waals surface area contributed by atoms with Crippen molar-refractivity contribution < 1.29 is 4.39 Å². The summed E-state index contributed by atoms with van der Waals surface area (Å²) in [5.74, 6) is 0.625. The van der Waals surface area contributed by atoms with Gasteiger partial charge in [-0.3, -0.25) is 0 Å². The predicted molar refractivity (Wildman–Crippen MR) is 91.7 cm³/mol. The van der Waals surface area contributed by atoms with E-state index in [2.05, 4.69) is 9.88 Å². The number of rotatable bonds is 2. The number of hydrogen-bond donors (Lipinski definition) is 1. The molecule has 5 heteroatoms. The number of fused-ring (bicyclic) bond motifs is 3. The zero-order valence-electron chi connectivity index (χ0n) is 13.2. The number of aryl methyl sites for hydroxylation is 2. The number of imidazole rings is 1. The lowest BCUT2D eigenvalue weighted by atomic mass is 10.1. The van der Waals surface area contributed by atoms with Gasteiger partial charge in [0.25, 0.3) is 0 Å². The highest BCUT2D eigenvalue weighted by Crippen LogP contribution is 2.27. The van der Waals surface area contributed by atoms with Crippen molar-refractivity contribution in [2.45, 2.75) is 32.2 Å². The van der Waals surface area contributed by atoms with Gasteiger partial charge in [0.15, 0.2) is 0 Å². The van der Waals surface area contributed by atoms with E-state index in [0.29, 0.717) is 5.69 Å². The molecule has 0 atom stereocenters. The van der Waals surface area contributed by atoms with E-state index in [4.69, 9.17) is 10.2 Å². The number of nitrogens with zero attached hydrogens (tertiary/aromatic N) is 3. The van der Waals surface area contributed by atoms with Crippen LogP contribution in [-0.4, -0.2) is 9.55 Å². The van der Waals surface area contributed by atoms with Crippen molar-refractivity contribution in [2.24, 2.45) is 0 Å². The number of halogens is 1. The Labute approximate surface area is 139 Å². The molecule has 0 saturated heterocycles. The summed E-state index contributed by atoms with van der Waals surface area (Å²) in [6.07, 6.45) is 4.64. The maximum absolute atomic E-state index is 13.7. The van der Waals surface area contributed by atoms with Crippen LogP contribution >= 0.6 is 0 Å². The van der Waals surface area contributed by atoms with Crippen LogP contribution in [0.5, 0.6) is 0 Å². The highest BCUT2D eigenvalue weighted by Gasteiger charge is 2.14. The van der Waals surface area contributed by atoms with Gasteiger partial charge in [0.1, 0.15) is 23.3 Å². The molecule has 24 heavy (non-hydrogen) atoms. The van der Waals surface area contributed by atoms with Crippen LogP contribution in [0.25, 0.3) is 11.0 Å². The molecule has 2 aromatic carbocycles. The van der Waals surface area contributed by atoms with Crippen molar-refractivity contribution in [3.05, 3.63) is 53.6 Å². The molecule has 2 heterocycles. The maximum Gasteiger partial charge on any atom is 0.143 e. The van der Waals surface area contributed by atoms with Crippen LogP contribution in [-0.2, 0) is 13.0 Å². The van der Waals surface area contributed by atoms with Crippen molar-refractivity contribution in [1.82, 2.24) is 9.55 Å². The highest BCUT2D eigenvalue weighted by atomic mass is 19.1. The highest BCUT2D eigenvalue weighted by molar-refractivity contribution is 5.82. The van der Waals surface area contributed by atoms with Crippen molar-refractivity contribution in [3.63, 3.8) is 0 Å². The summed E-state index contributed by atoms with van der Waals surface area (Å²) in [4.78, 5) is 4.76. The summed E-state index contributed by atoms with van der Waals surface area (Å²) in [7, 11) is 0. The molecule has 4 rings (SSSR count). The van der Waals surface area contributed by atoms with Crippen LogP contribution in [0.4, 0.5) is 15.8 Å². The fraction of sp³-hybridized carbons (Fsp3) is 0.263. The quantitative estimate of drug-likeness (QED) is 0.755. The number of aromatic nitrogens is 2. The third kappa shape index (κ3) is 2.50. The van der Waals surface area contributed by atoms with Crippen LogP contribution in [0.1, 0.15) is 30.7 Å². The molecule has 0 amide bonds. The van der Waals surface area contributed by atoms with Gasteiger partial charge in [0.05, 0.1) is 16.7 Å². The second-order valence-electron chi connectivity index (χ2n) is 6.09. The van der Waals surface area contributed by atoms with Crippen LogP contribution in [0.3, 0.4) is 0 Å². The van der Waals surface area contributed by atoms with Crippen molar-refractivity contribution in [2.75, 3.05) is 5.32 Å². The zero-order valence-corrected chi connectivity index (χ0v) is 13.2. The van der Waals surface area contributed by atoms with Gasteiger partial charge in [0.2, 0.25) is 0 Å². The molecule has 0 radical (unpaired) electrons. The SMILES string of the molecule is N#Cc1c(F)cccc1Nc1ccc2c(c1)nc1n2CCCCC1. The minimum Gasteiger partial charge on any atom is -0.354 e. The summed E-state index contributed by atoms with van der Waals surface area (Å²) in [6, 6.07) is 12.5. The molecule has 0 bridgehead atoms. The molecule has 1 N–H and O–H groups in total. The minimum absolute atomic E-state index is 0.0261. The van der Waals surface area contributed by atoms with Crippen molar-refractivity contribution in [3.8, 4) is 6.07 Å². The van der Waals surface area contributed by atoms with E-state index in [9.17, 15) is 4.39 Å². The van der Waals surface area contributed by atoms with E-state index < -0.39 is 5.82 Å². The summed E-state index contributed by atoms with van der Waals surface area (Å²) in [5.41, 5.74) is 3.37. The first-order valence-electron chi connectivity index (χ1n) is 8.21. The first kappa shape index (κ1) is 14.7. The average Bonchev–Trinajstić information content (AvgIpc) is 2.75. The molecule has 120 valence electrons. The molecule has 4 nitrogen and oxygen atoms in total. The lowest BCUT2D eigenvalue weighted by Gasteiger charge is -2.09. The molecule has 1 aliphatic rings. The van der Waals surface area contributed by atoms with Gasteiger partial charge in [-0.1, -0.05) is 12.5 Å². The maximum atomic E-state index is 13.7. The first-order chi connectivity index (χ1) is 11.8. The Morgan fingerprint density at radius 2 is 2.08 bits per heavy atom. The Morgan fingerprint density at radius 1 is 1.17 bits per heavy atom. The number of anilines is 2. The van der Waals surface area contributed by atoms with Gasteiger partial charge in [-0.2, -0.15) is 5.26 Å². The smallest absolute Gasteiger partial charge is 0.143 e. The Kier molecular flexibility index (Phi) is 3.66. The fourth-order valence-corrected chi connectivity index (χ4v) is 3.33. The summed E-state index contributed by atoms with van der Waals surface area (Å²) in [6.45, 7) is 1.01. The predicted octanol–water partition coefficient (Wildman–Crippen LogP) is 4.52. The lowest BCUT2D eigenvalue weighted by Crippen LogP contribution is -2.00. The average molecular weight is 320 g/mol. The van der Waals surface area contributed by atoms with Crippen LogP contribution in [0, 0.1) is 17.1 Å². The summed E-state index contributed by atoms with van der Waals surface area (Å²) >= 11 is 0. The molecule has 0 aliphatic carbocycles. The fourth-order valence-electron chi connectivity index (χ4n) is 3.33. The van der Waals surface area contributed by atoms with Crippen LogP contribution in [0.2, 0.25) is 0 Å². The van der Waals surface area contributed by atoms with E-state index in [1.807, 2.05) is 24.3 Å². The largest absolute Gasteiger partial charge is 0.354 e. The van der Waals surface area contributed by atoms with E-state index in [1.54, 1.807) is 12.1 Å². The van der Waals surface area contributed by atoms with E-state index in [0.717, 1.165) is 35.5 Å². The summed E-state index contributed by atoms with van der Waals surface area (Å²) < 4.78 is 16.0. The van der Waals surface area contributed by atoms with Gasteiger partial charge in [-0.05, 0) is 43.2 Å². The molecule has 0 unspecified atom stereocenters. The summed E-state index contributed by atoms with van der Waals surface area (Å²) in [5, 5.41) is 12.3.